The molecule has 2 atom stereocenters. The Hall–Kier alpha value is -2.61. The molecule has 2 fully saturated rings. The van der Waals surface area contributed by atoms with Crippen LogP contribution in [-0.4, -0.2) is 59.3 Å². The molecule has 1 saturated heterocycles. The van der Waals surface area contributed by atoms with Crippen LogP contribution in [0.25, 0.3) is 0 Å². The Labute approximate surface area is 171 Å². The second kappa shape index (κ2) is 8.41. The molecule has 8 heteroatoms. The first kappa shape index (κ1) is 19.7. The van der Waals surface area contributed by atoms with E-state index in [0.717, 1.165) is 37.6 Å². The summed E-state index contributed by atoms with van der Waals surface area (Å²) in [7, 11) is 3.17. The number of carbonyl (C=O) groups is 1. The molecule has 2 aromatic rings. The van der Waals surface area contributed by atoms with Crippen LogP contribution in [0.1, 0.15) is 56.1 Å². The van der Waals surface area contributed by atoms with Gasteiger partial charge in [-0.1, -0.05) is 0 Å². The fourth-order valence-corrected chi connectivity index (χ4v) is 3.91. The molecule has 4 rings (SSSR count). The van der Waals surface area contributed by atoms with Crippen molar-refractivity contribution in [2.24, 2.45) is 0 Å². The highest BCUT2D eigenvalue weighted by Crippen LogP contribution is 2.38. The molecule has 8 nitrogen and oxygen atoms in total. The Balaban J connectivity index is 1.38. The summed E-state index contributed by atoms with van der Waals surface area (Å²) in [6.45, 7) is 3.64. The van der Waals surface area contributed by atoms with Gasteiger partial charge in [-0.25, -0.2) is 4.98 Å². The third-order valence-corrected chi connectivity index (χ3v) is 5.88. The lowest BCUT2D eigenvalue weighted by molar-refractivity contribution is -0.121. The fraction of sp³-hybridized carbons (Fsp3) is 0.571. The van der Waals surface area contributed by atoms with E-state index in [1.165, 1.54) is 12.8 Å². The maximum absolute atomic E-state index is 12.8. The van der Waals surface area contributed by atoms with Gasteiger partial charge in [0, 0.05) is 30.1 Å². The van der Waals surface area contributed by atoms with E-state index < -0.39 is 0 Å². The number of carbonyl (C=O) groups excluding carboxylic acids is 1. The molecular formula is C21H29N5O3. The van der Waals surface area contributed by atoms with Crippen molar-refractivity contribution < 1.29 is 14.3 Å². The Bertz CT molecular complexity index is 864. The predicted molar refractivity (Wildman–Crippen MR) is 110 cm³/mol. The molecule has 1 aromatic heterocycles. The van der Waals surface area contributed by atoms with E-state index in [9.17, 15) is 4.79 Å². The topological polar surface area (TPSA) is 92.4 Å². The number of aromatic amines is 1. The first-order valence-electron chi connectivity index (χ1n) is 10.3. The van der Waals surface area contributed by atoms with Gasteiger partial charge in [0.05, 0.1) is 20.3 Å². The fourth-order valence-electron chi connectivity index (χ4n) is 3.91. The van der Waals surface area contributed by atoms with Crippen LogP contribution in [0.15, 0.2) is 18.2 Å². The van der Waals surface area contributed by atoms with E-state index >= 15 is 0 Å². The van der Waals surface area contributed by atoms with Gasteiger partial charge in [0.15, 0.2) is 17.3 Å². The maximum Gasteiger partial charge on any atom is 0.241 e. The van der Waals surface area contributed by atoms with Crippen LogP contribution in [0.3, 0.4) is 0 Å². The van der Waals surface area contributed by atoms with Crippen LogP contribution >= 0.6 is 0 Å². The van der Waals surface area contributed by atoms with Crippen molar-refractivity contribution in [2.75, 3.05) is 32.6 Å². The summed E-state index contributed by atoms with van der Waals surface area (Å²) in [6, 6.07) is 5.14. The Morgan fingerprint density at radius 1 is 1.21 bits per heavy atom. The molecule has 1 amide bonds. The van der Waals surface area contributed by atoms with Gasteiger partial charge in [-0.15, -0.1) is 0 Å². The van der Waals surface area contributed by atoms with E-state index in [0.29, 0.717) is 23.1 Å². The average Bonchev–Trinajstić information content (AvgIpc) is 3.49. The highest BCUT2D eigenvalue weighted by Gasteiger charge is 2.32. The minimum absolute atomic E-state index is 0.0356. The summed E-state index contributed by atoms with van der Waals surface area (Å²) in [5.74, 6) is 3.94. The van der Waals surface area contributed by atoms with E-state index in [-0.39, 0.29) is 17.9 Å². The number of ether oxygens (including phenoxy) is 2. The maximum atomic E-state index is 12.8. The highest BCUT2D eigenvalue weighted by atomic mass is 16.5. The van der Waals surface area contributed by atoms with Crippen LogP contribution in [-0.2, 0) is 4.79 Å². The molecular weight excluding hydrogens is 370 g/mol. The standard InChI is InChI=1S/C21H29N5O3/c1-13(21(27)22-16-8-9-17(28-2)18(11-16)29-3)26-10-4-5-15(12-26)20-23-19(24-25-20)14-6-7-14/h8-9,11,13-15H,4-7,10,12H2,1-3H3,(H,22,27)(H,23,24,25). The second-order valence-corrected chi connectivity index (χ2v) is 7.92. The van der Waals surface area contributed by atoms with Gasteiger partial charge < -0.3 is 14.8 Å². The van der Waals surface area contributed by atoms with Gasteiger partial charge in [0.1, 0.15) is 5.82 Å². The number of amides is 1. The van der Waals surface area contributed by atoms with E-state index in [2.05, 4.69) is 20.4 Å². The zero-order chi connectivity index (χ0) is 20.4. The quantitative estimate of drug-likeness (QED) is 0.744. The summed E-state index contributed by atoms with van der Waals surface area (Å²) < 4.78 is 10.6. The number of benzene rings is 1. The second-order valence-electron chi connectivity index (χ2n) is 7.92. The van der Waals surface area contributed by atoms with Crippen molar-refractivity contribution in [1.29, 1.82) is 0 Å². The molecule has 0 bridgehead atoms. The van der Waals surface area contributed by atoms with Crippen molar-refractivity contribution in [1.82, 2.24) is 20.1 Å². The van der Waals surface area contributed by atoms with Gasteiger partial charge in [-0.05, 0) is 51.3 Å². The van der Waals surface area contributed by atoms with Crippen LogP contribution in [0, 0.1) is 0 Å². The van der Waals surface area contributed by atoms with Crippen molar-refractivity contribution in [3.8, 4) is 11.5 Å². The van der Waals surface area contributed by atoms with Gasteiger partial charge >= 0.3 is 0 Å². The number of nitrogens with zero attached hydrogens (tertiary/aromatic N) is 3. The largest absolute Gasteiger partial charge is 0.493 e. The Kier molecular flexibility index (Phi) is 5.71. The van der Waals surface area contributed by atoms with Gasteiger partial charge in [0.25, 0.3) is 0 Å². The third kappa shape index (κ3) is 4.37. The van der Waals surface area contributed by atoms with Gasteiger partial charge in [0.2, 0.25) is 5.91 Å². The summed E-state index contributed by atoms with van der Waals surface area (Å²) in [6.07, 6.45) is 4.51. The third-order valence-electron chi connectivity index (χ3n) is 5.88. The highest BCUT2D eigenvalue weighted by molar-refractivity contribution is 5.94. The minimum atomic E-state index is -0.243. The number of likely N-dealkylation sites (tertiary alicyclic amines) is 1. The van der Waals surface area contributed by atoms with Crippen LogP contribution in [0.2, 0.25) is 0 Å². The smallest absolute Gasteiger partial charge is 0.241 e. The monoisotopic (exact) mass is 399 g/mol. The molecule has 29 heavy (non-hydrogen) atoms. The molecule has 0 spiro atoms. The average molecular weight is 399 g/mol. The first-order chi connectivity index (χ1) is 14.1. The molecule has 2 unspecified atom stereocenters. The van der Waals surface area contributed by atoms with Gasteiger partial charge in [-0.3, -0.25) is 14.8 Å². The Morgan fingerprint density at radius 2 is 2.00 bits per heavy atom. The van der Waals surface area contributed by atoms with Crippen molar-refractivity contribution in [3.05, 3.63) is 29.8 Å². The SMILES string of the molecule is COc1ccc(NC(=O)C(C)N2CCCC(c3n[nH]c(C4CC4)n3)C2)cc1OC. The first-order valence-corrected chi connectivity index (χ1v) is 10.3. The molecule has 156 valence electrons. The molecule has 2 aliphatic rings. The zero-order valence-electron chi connectivity index (χ0n) is 17.3. The van der Waals surface area contributed by atoms with Crippen molar-refractivity contribution >= 4 is 11.6 Å². The summed E-state index contributed by atoms with van der Waals surface area (Å²) >= 11 is 0. The number of piperidine rings is 1. The number of hydrogen-bond donors (Lipinski definition) is 2. The summed E-state index contributed by atoms with van der Waals surface area (Å²) in [5, 5.41) is 10.6. The number of H-pyrrole nitrogens is 1. The number of rotatable bonds is 7. The molecule has 1 saturated carbocycles. The summed E-state index contributed by atoms with van der Waals surface area (Å²) in [5.41, 5.74) is 0.691. The van der Waals surface area contributed by atoms with Crippen LogP contribution < -0.4 is 14.8 Å². The normalized spacial score (nSPS) is 20.9. The van der Waals surface area contributed by atoms with E-state index in [1.54, 1.807) is 26.4 Å². The van der Waals surface area contributed by atoms with Crippen LogP contribution in [0.5, 0.6) is 11.5 Å². The summed E-state index contributed by atoms with van der Waals surface area (Å²) in [4.78, 5) is 19.8. The lowest BCUT2D eigenvalue weighted by Gasteiger charge is -2.35. The lowest BCUT2D eigenvalue weighted by Crippen LogP contribution is -2.46. The number of nitrogens with one attached hydrogen (secondary N) is 2. The van der Waals surface area contributed by atoms with Crippen molar-refractivity contribution in [3.63, 3.8) is 0 Å². The van der Waals surface area contributed by atoms with E-state index in [4.69, 9.17) is 14.5 Å². The molecule has 1 aliphatic heterocycles. The zero-order valence-corrected chi connectivity index (χ0v) is 17.3. The molecule has 2 heterocycles. The number of methoxy groups -OCH3 is 2. The van der Waals surface area contributed by atoms with Gasteiger partial charge in [-0.2, -0.15) is 5.10 Å². The molecule has 1 aliphatic carbocycles. The Morgan fingerprint density at radius 3 is 2.72 bits per heavy atom. The molecule has 2 N–H and O–H groups in total. The lowest BCUT2D eigenvalue weighted by atomic mass is 9.96. The predicted octanol–water partition coefficient (Wildman–Crippen LogP) is 2.91. The van der Waals surface area contributed by atoms with Crippen LogP contribution in [0.4, 0.5) is 5.69 Å². The molecule has 1 aromatic carbocycles. The van der Waals surface area contributed by atoms with Crippen molar-refractivity contribution in [2.45, 2.75) is 50.5 Å². The van der Waals surface area contributed by atoms with E-state index in [1.807, 2.05) is 13.0 Å². The number of anilines is 1. The number of aromatic nitrogens is 3. The molecule has 0 radical (unpaired) electrons. The number of hydrogen-bond acceptors (Lipinski definition) is 6. The minimum Gasteiger partial charge on any atom is -0.493 e.